The zero-order valence-corrected chi connectivity index (χ0v) is 17.2. The first-order valence-corrected chi connectivity index (χ1v) is 9.97. The zero-order chi connectivity index (χ0) is 20.9. The number of benzene rings is 1. The Morgan fingerprint density at radius 3 is 2.73 bits per heavy atom. The van der Waals surface area contributed by atoms with Crippen LogP contribution in [0.2, 0.25) is 5.02 Å². The number of urea groups is 1. The van der Waals surface area contributed by atoms with E-state index in [-0.39, 0.29) is 18.0 Å². The lowest BCUT2D eigenvalue weighted by atomic mass is 9.89. The Morgan fingerprint density at radius 2 is 2.07 bits per heavy atom. The maximum absolute atomic E-state index is 12.6. The van der Waals surface area contributed by atoms with Crippen molar-refractivity contribution in [2.75, 3.05) is 30.4 Å². The number of aromatic nitrogens is 2. The van der Waals surface area contributed by atoms with Crippen LogP contribution in [0.15, 0.2) is 59.5 Å². The summed E-state index contributed by atoms with van der Waals surface area (Å²) >= 11 is 5.91. The van der Waals surface area contributed by atoms with Gasteiger partial charge in [0.05, 0.1) is 19.5 Å². The molecule has 156 valence electrons. The molecule has 2 amide bonds. The quantitative estimate of drug-likeness (QED) is 0.641. The summed E-state index contributed by atoms with van der Waals surface area (Å²) in [5, 5.41) is 6.56. The minimum atomic E-state index is -0.273. The van der Waals surface area contributed by atoms with Gasteiger partial charge >= 0.3 is 6.03 Å². The number of nitrogens with zero attached hydrogens (tertiary/aromatic N) is 3. The summed E-state index contributed by atoms with van der Waals surface area (Å²) in [7, 11) is 1.60. The van der Waals surface area contributed by atoms with Crippen LogP contribution >= 0.6 is 11.6 Å². The largest absolute Gasteiger partial charge is 0.495 e. The highest BCUT2D eigenvalue weighted by Crippen LogP contribution is 2.29. The molecule has 1 saturated heterocycles. The van der Waals surface area contributed by atoms with Crippen LogP contribution in [0.4, 0.5) is 16.5 Å². The molecule has 1 aliphatic heterocycles. The van der Waals surface area contributed by atoms with Crippen LogP contribution in [0.3, 0.4) is 0 Å². The van der Waals surface area contributed by atoms with Gasteiger partial charge in [0.15, 0.2) is 0 Å². The minimum absolute atomic E-state index is 0.0486. The molecular weight excluding hydrogens is 406 g/mol. The third kappa shape index (κ3) is 4.65. The first kappa shape index (κ1) is 20.0. The number of rotatable bonds is 5. The van der Waals surface area contributed by atoms with Crippen molar-refractivity contribution in [3.8, 4) is 5.75 Å². The van der Waals surface area contributed by atoms with Crippen molar-refractivity contribution in [1.82, 2.24) is 15.3 Å². The molecule has 30 heavy (non-hydrogen) atoms. The number of ether oxygens (including phenoxy) is 1. The molecule has 2 aromatic heterocycles. The van der Waals surface area contributed by atoms with Gasteiger partial charge in [-0.2, -0.15) is 0 Å². The summed E-state index contributed by atoms with van der Waals surface area (Å²) in [5.41, 5.74) is 1.54. The maximum Gasteiger partial charge on any atom is 0.319 e. The van der Waals surface area contributed by atoms with Crippen molar-refractivity contribution in [3.63, 3.8) is 0 Å². The molecular formula is C21H22ClN5O3. The van der Waals surface area contributed by atoms with E-state index in [1.54, 1.807) is 50.0 Å². The minimum Gasteiger partial charge on any atom is -0.495 e. The predicted octanol–water partition coefficient (Wildman–Crippen LogP) is 3.92. The molecule has 0 saturated carbocycles. The Bertz CT molecular complexity index is 963. The van der Waals surface area contributed by atoms with Crippen LogP contribution < -0.4 is 20.3 Å². The number of pyridine rings is 1. The average molecular weight is 428 g/mol. The van der Waals surface area contributed by atoms with Gasteiger partial charge in [-0.1, -0.05) is 11.6 Å². The molecule has 0 spiro atoms. The SMILES string of the molecule is COc1ccc([C@@H]2CN(c3ncco3)CC[C@H]2NC(=O)Nc2ccc(Cl)cc2)nc1. The molecule has 4 rings (SSSR count). The van der Waals surface area contributed by atoms with Gasteiger partial charge in [0, 0.05) is 41.5 Å². The number of nitrogens with one attached hydrogen (secondary N) is 2. The van der Waals surface area contributed by atoms with E-state index in [0.29, 0.717) is 35.6 Å². The van der Waals surface area contributed by atoms with E-state index in [1.165, 1.54) is 0 Å². The molecule has 0 unspecified atom stereocenters. The fraction of sp³-hybridized carbons (Fsp3) is 0.286. The van der Waals surface area contributed by atoms with E-state index in [0.717, 1.165) is 12.1 Å². The molecule has 0 radical (unpaired) electrons. The molecule has 0 aliphatic carbocycles. The van der Waals surface area contributed by atoms with Crippen molar-refractivity contribution in [3.05, 3.63) is 65.8 Å². The van der Waals surface area contributed by atoms with Crippen LogP contribution in [0.25, 0.3) is 0 Å². The normalized spacial score (nSPS) is 18.7. The van der Waals surface area contributed by atoms with Crippen molar-refractivity contribution < 1.29 is 13.9 Å². The molecule has 1 fully saturated rings. The first-order valence-electron chi connectivity index (χ1n) is 9.60. The second-order valence-corrected chi connectivity index (χ2v) is 7.43. The number of hydrogen-bond donors (Lipinski definition) is 2. The summed E-state index contributed by atoms with van der Waals surface area (Å²) in [4.78, 5) is 23.5. The number of carbonyl (C=O) groups is 1. The lowest BCUT2D eigenvalue weighted by molar-refractivity contribution is 0.242. The fourth-order valence-corrected chi connectivity index (χ4v) is 3.70. The summed E-state index contributed by atoms with van der Waals surface area (Å²) < 4.78 is 10.7. The van der Waals surface area contributed by atoms with Crippen LogP contribution in [-0.4, -0.2) is 42.2 Å². The first-order chi connectivity index (χ1) is 14.6. The summed E-state index contributed by atoms with van der Waals surface area (Å²) in [6, 6.07) is 11.0. The van der Waals surface area contributed by atoms with Crippen LogP contribution in [0.1, 0.15) is 18.0 Å². The monoisotopic (exact) mass is 427 g/mol. The standard InChI is InChI=1S/C21H22ClN5O3/c1-29-16-6-7-18(24-12-16)17-13-27(21-23-9-11-30-21)10-8-19(17)26-20(28)25-15-4-2-14(22)3-5-15/h2-7,9,11-12,17,19H,8,10,13H2,1H3,(H2,25,26,28)/t17-,19+/m0/s1. The van der Waals surface area contributed by atoms with E-state index >= 15 is 0 Å². The van der Waals surface area contributed by atoms with Gasteiger partial charge in [0.2, 0.25) is 0 Å². The fourth-order valence-electron chi connectivity index (χ4n) is 3.57. The number of halogens is 1. The topological polar surface area (TPSA) is 92.5 Å². The summed E-state index contributed by atoms with van der Waals surface area (Å²) in [6.07, 6.45) is 5.58. The van der Waals surface area contributed by atoms with Gasteiger partial charge in [0.25, 0.3) is 6.01 Å². The molecule has 8 nitrogen and oxygen atoms in total. The predicted molar refractivity (Wildman–Crippen MR) is 114 cm³/mol. The van der Waals surface area contributed by atoms with E-state index in [2.05, 4.69) is 25.5 Å². The number of methoxy groups -OCH3 is 1. The Balaban J connectivity index is 1.50. The number of amides is 2. The number of piperidine rings is 1. The van der Waals surface area contributed by atoms with Crippen molar-refractivity contribution >= 4 is 29.3 Å². The third-order valence-electron chi connectivity index (χ3n) is 5.10. The smallest absolute Gasteiger partial charge is 0.319 e. The van der Waals surface area contributed by atoms with Gasteiger partial charge in [-0.15, -0.1) is 0 Å². The molecule has 3 aromatic rings. The molecule has 2 atom stereocenters. The van der Waals surface area contributed by atoms with Crippen molar-refractivity contribution in [2.45, 2.75) is 18.4 Å². The molecule has 0 bridgehead atoms. The number of carbonyl (C=O) groups excluding carboxylic acids is 1. The summed E-state index contributed by atoms with van der Waals surface area (Å²) in [6.45, 7) is 1.32. The van der Waals surface area contributed by atoms with Gasteiger partial charge in [0.1, 0.15) is 12.0 Å². The van der Waals surface area contributed by atoms with Crippen LogP contribution in [0, 0.1) is 0 Å². The highest BCUT2D eigenvalue weighted by atomic mass is 35.5. The van der Waals surface area contributed by atoms with E-state index in [9.17, 15) is 4.79 Å². The highest BCUT2D eigenvalue weighted by molar-refractivity contribution is 6.30. The summed E-state index contributed by atoms with van der Waals surface area (Å²) in [5.74, 6) is 0.636. The van der Waals surface area contributed by atoms with Gasteiger partial charge in [-0.3, -0.25) is 4.98 Å². The number of hydrogen-bond acceptors (Lipinski definition) is 6. The molecule has 2 N–H and O–H groups in total. The Labute approximate surface area is 179 Å². The molecule has 1 aliphatic rings. The Kier molecular flexibility index (Phi) is 6.04. The molecule has 9 heteroatoms. The lowest BCUT2D eigenvalue weighted by Crippen LogP contribution is -2.51. The van der Waals surface area contributed by atoms with Crippen LogP contribution in [0.5, 0.6) is 5.75 Å². The van der Waals surface area contributed by atoms with Gasteiger partial charge in [-0.25, -0.2) is 9.78 Å². The lowest BCUT2D eigenvalue weighted by Gasteiger charge is -2.38. The Morgan fingerprint density at radius 1 is 1.23 bits per heavy atom. The highest BCUT2D eigenvalue weighted by Gasteiger charge is 2.34. The number of anilines is 2. The van der Waals surface area contributed by atoms with Gasteiger partial charge < -0.3 is 24.7 Å². The van der Waals surface area contributed by atoms with E-state index in [4.69, 9.17) is 20.8 Å². The van der Waals surface area contributed by atoms with E-state index < -0.39 is 0 Å². The average Bonchev–Trinajstić information content (AvgIpc) is 3.31. The molecule has 3 heterocycles. The zero-order valence-electron chi connectivity index (χ0n) is 16.4. The second-order valence-electron chi connectivity index (χ2n) is 6.99. The van der Waals surface area contributed by atoms with Crippen LogP contribution in [-0.2, 0) is 0 Å². The number of oxazole rings is 1. The third-order valence-corrected chi connectivity index (χ3v) is 5.35. The Hall–Kier alpha value is -3.26. The van der Waals surface area contributed by atoms with E-state index in [1.807, 2.05) is 12.1 Å². The second kappa shape index (κ2) is 9.04. The molecule has 1 aromatic carbocycles. The van der Waals surface area contributed by atoms with Gasteiger partial charge in [-0.05, 0) is 42.8 Å². The van der Waals surface area contributed by atoms with Crippen molar-refractivity contribution in [1.29, 1.82) is 0 Å². The maximum atomic E-state index is 12.6. The van der Waals surface area contributed by atoms with Crippen molar-refractivity contribution in [2.24, 2.45) is 0 Å².